The summed E-state index contributed by atoms with van der Waals surface area (Å²) in [6, 6.07) is 0.893. The van der Waals surface area contributed by atoms with E-state index in [0.717, 1.165) is 31.8 Å². The molecule has 0 saturated heterocycles. The zero-order valence-electron chi connectivity index (χ0n) is 14.6. The minimum Gasteiger partial charge on any atom is -0.356 e. The van der Waals surface area contributed by atoms with Crippen LogP contribution in [0.15, 0.2) is 4.99 Å². The van der Waals surface area contributed by atoms with E-state index in [0.29, 0.717) is 18.5 Å². The lowest BCUT2D eigenvalue weighted by molar-refractivity contribution is -0.121. The number of nitrogens with one attached hydrogen (secondary N) is 3. The van der Waals surface area contributed by atoms with Crippen LogP contribution in [0.2, 0.25) is 0 Å². The number of aliphatic imine (C=N–C) groups is 1. The Balaban J connectivity index is 2.04. The lowest BCUT2D eigenvalue weighted by Gasteiger charge is -2.17. The summed E-state index contributed by atoms with van der Waals surface area (Å²) in [6.45, 7) is 5.21. The summed E-state index contributed by atoms with van der Waals surface area (Å²) in [5.41, 5.74) is 0. The van der Waals surface area contributed by atoms with Crippen LogP contribution in [-0.4, -0.2) is 37.5 Å². The Morgan fingerprint density at radius 2 is 2.00 bits per heavy atom. The number of nitrogens with zero attached hydrogens (tertiary/aromatic N) is 1. The Labute approximate surface area is 135 Å². The molecule has 22 heavy (non-hydrogen) atoms. The van der Waals surface area contributed by atoms with Crippen LogP contribution in [0.5, 0.6) is 0 Å². The van der Waals surface area contributed by atoms with Gasteiger partial charge in [0.2, 0.25) is 5.91 Å². The molecule has 1 saturated carbocycles. The summed E-state index contributed by atoms with van der Waals surface area (Å²) in [5, 5.41) is 9.71. The van der Waals surface area contributed by atoms with Crippen LogP contribution in [-0.2, 0) is 4.79 Å². The third kappa shape index (κ3) is 9.64. The highest BCUT2D eigenvalue weighted by molar-refractivity contribution is 5.80. The molecule has 5 nitrogen and oxygen atoms in total. The zero-order valence-corrected chi connectivity index (χ0v) is 14.6. The minimum atomic E-state index is 0.177. The molecule has 0 aliphatic heterocycles. The number of guanidine groups is 1. The van der Waals surface area contributed by atoms with Crippen molar-refractivity contribution in [3.05, 3.63) is 0 Å². The smallest absolute Gasteiger partial charge is 0.220 e. The van der Waals surface area contributed by atoms with Crippen molar-refractivity contribution in [3.8, 4) is 0 Å². The average molecular weight is 310 g/mol. The number of carbonyl (C=O) groups is 1. The predicted molar refractivity (Wildman–Crippen MR) is 93.1 cm³/mol. The molecule has 1 fully saturated rings. The Morgan fingerprint density at radius 3 is 2.64 bits per heavy atom. The van der Waals surface area contributed by atoms with Crippen LogP contribution in [0.1, 0.15) is 71.6 Å². The lowest BCUT2D eigenvalue weighted by atomic mass is 10.1. The van der Waals surface area contributed by atoms with Crippen molar-refractivity contribution >= 4 is 11.9 Å². The van der Waals surface area contributed by atoms with Crippen molar-refractivity contribution in [2.45, 2.75) is 83.7 Å². The van der Waals surface area contributed by atoms with Crippen LogP contribution in [0.3, 0.4) is 0 Å². The van der Waals surface area contributed by atoms with E-state index >= 15 is 0 Å². The molecule has 1 aliphatic rings. The van der Waals surface area contributed by atoms with Gasteiger partial charge in [-0.15, -0.1) is 0 Å². The van der Waals surface area contributed by atoms with Crippen molar-refractivity contribution in [1.29, 1.82) is 0 Å². The monoisotopic (exact) mass is 310 g/mol. The molecular formula is C17H34N4O. The van der Waals surface area contributed by atoms with E-state index in [-0.39, 0.29) is 5.91 Å². The fourth-order valence-corrected chi connectivity index (χ4v) is 2.36. The van der Waals surface area contributed by atoms with Gasteiger partial charge in [0.1, 0.15) is 0 Å². The number of amides is 1. The first-order chi connectivity index (χ1) is 10.7. The number of carbonyl (C=O) groups excluding carboxylic acids is 1. The average Bonchev–Trinajstić information content (AvgIpc) is 3.30. The van der Waals surface area contributed by atoms with Crippen molar-refractivity contribution in [3.63, 3.8) is 0 Å². The van der Waals surface area contributed by atoms with Gasteiger partial charge >= 0.3 is 0 Å². The first kappa shape index (κ1) is 18.8. The standard InChI is InChI=1S/C17H34N4O/c1-4-5-6-7-9-14(2)20-17(18-3)19-13-8-10-16(22)21-15-11-12-15/h14-15H,4-13H2,1-3H3,(H,21,22)(H2,18,19,20). The van der Waals surface area contributed by atoms with Gasteiger partial charge in [-0.1, -0.05) is 32.6 Å². The van der Waals surface area contributed by atoms with Crippen LogP contribution in [0.25, 0.3) is 0 Å². The van der Waals surface area contributed by atoms with E-state index in [1.807, 2.05) is 0 Å². The molecule has 0 aromatic heterocycles. The highest BCUT2D eigenvalue weighted by Gasteiger charge is 2.22. The normalized spacial score (nSPS) is 16.2. The molecule has 1 atom stereocenters. The van der Waals surface area contributed by atoms with E-state index in [2.05, 4.69) is 34.8 Å². The van der Waals surface area contributed by atoms with Crippen molar-refractivity contribution < 1.29 is 4.79 Å². The van der Waals surface area contributed by atoms with Gasteiger partial charge in [-0.2, -0.15) is 0 Å². The Bertz CT molecular complexity index is 340. The highest BCUT2D eigenvalue weighted by Crippen LogP contribution is 2.18. The zero-order chi connectivity index (χ0) is 16.2. The molecule has 0 radical (unpaired) electrons. The molecule has 0 heterocycles. The van der Waals surface area contributed by atoms with Crippen molar-refractivity contribution in [1.82, 2.24) is 16.0 Å². The maximum Gasteiger partial charge on any atom is 0.220 e. The summed E-state index contributed by atoms with van der Waals surface area (Å²) in [4.78, 5) is 15.8. The summed E-state index contributed by atoms with van der Waals surface area (Å²) in [7, 11) is 1.79. The van der Waals surface area contributed by atoms with Crippen LogP contribution >= 0.6 is 0 Å². The lowest BCUT2D eigenvalue weighted by Crippen LogP contribution is -2.42. The van der Waals surface area contributed by atoms with Crippen molar-refractivity contribution in [2.24, 2.45) is 4.99 Å². The van der Waals surface area contributed by atoms with Gasteiger partial charge in [0, 0.05) is 32.1 Å². The Hall–Kier alpha value is -1.26. The van der Waals surface area contributed by atoms with E-state index in [1.54, 1.807) is 7.05 Å². The van der Waals surface area contributed by atoms with Crippen molar-refractivity contribution in [2.75, 3.05) is 13.6 Å². The topological polar surface area (TPSA) is 65.5 Å². The third-order valence-corrected chi connectivity index (χ3v) is 3.91. The van der Waals surface area contributed by atoms with Gasteiger partial charge in [-0.25, -0.2) is 0 Å². The number of unbranched alkanes of at least 4 members (excludes halogenated alkanes) is 3. The van der Waals surface area contributed by atoms with Gasteiger partial charge in [-0.3, -0.25) is 9.79 Å². The summed E-state index contributed by atoms with van der Waals surface area (Å²) in [6.07, 6.45) is 10.1. The highest BCUT2D eigenvalue weighted by atomic mass is 16.1. The molecule has 0 aromatic rings. The molecular weight excluding hydrogens is 276 g/mol. The second-order valence-corrected chi connectivity index (χ2v) is 6.34. The van der Waals surface area contributed by atoms with Gasteiger partial charge in [0.25, 0.3) is 0 Å². The van der Waals surface area contributed by atoms with Gasteiger partial charge in [0.05, 0.1) is 0 Å². The number of hydrogen-bond acceptors (Lipinski definition) is 2. The van der Waals surface area contributed by atoms with E-state index in [1.165, 1.54) is 32.1 Å². The molecule has 0 spiro atoms. The van der Waals surface area contributed by atoms with Crippen LogP contribution in [0.4, 0.5) is 0 Å². The summed E-state index contributed by atoms with van der Waals surface area (Å²) in [5.74, 6) is 1.02. The molecule has 0 bridgehead atoms. The fraction of sp³-hybridized carbons (Fsp3) is 0.882. The minimum absolute atomic E-state index is 0.177. The van der Waals surface area contributed by atoms with E-state index in [4.69, 9.17) is 0 Å². The Morgan fingerprint density at radius 1 is 1.23 bits per heavy atom. The third-order valence-electron chi connectivity index (χ3n) is 3.91. The van der Waals surface area contributed by atoms with E-state index in [9.17, 15) is 4.79 Å². The molecule has 0 aromatic carbocycles. The quantitative estimate of drug-likeness (QED) is 0.312. The second kappa shape index (κ2) is 11.3. The van der Waals surface area contributed by atoms with Crippen LogP contribution in [0, 0.1) is 0 Å². The Kier molecular flexibility index (Phi) is 9.67. The molecule has 128 valence electrons. The van der Waals surface area contributed by atoms with E-state index < -0.39 is 0 Å². The molecule has 1 unspecified atom stereocenters. The molecule has 5 heteroatoms. The maximum absolute atomic E-state index is 11.6. The fourth-order valence-electron chi connectivity index (χ4n) is 2.36. The molecule has 3 N–H and O–H groups in total. The first-order valence-electron chi connectivity index (χ1n) is 8.92. The first-order valence-corrected chi connectivity index (χ1v) is 8.92. The van der Waals surface area contributed by atoms with Gasteiger partial charge in [-0.05, 0) is 32.6 Å². The molecule has 1 amide bonds. The predicted octanol–water partition coefficient (Wildman–Crippen LogP) is 2.57. The van der Waals surface area contributed by atoms with Gasteiger partial charge < -0.3 is 16.0 Å². The van der Waals surface area contributed by atoms with Crippen LogP contribution < -0.4 is 16.0 Å². The molecule has 1 rings (SSSR count). The molecule has 1 aliphatic carbocycles. The second-order valence-electron chi connectivity index (χ2n) is 6.34. The SMILES string of the molecule is CCCCCCC(C)NC(=NC)NCCCC(=O)NC1CC1. The largest absolute Gasteiger partial charge is 0.356 e. The number of rotatable bonds is 11. The summed E-state index contributed by atoms with van der Waals surface area (Å²) < 4.78 is 0. The summed E-state index contributed by atoms with van der Waals surface area (Å²) >= 11 is 0. The van der Waals surface area contributed by atoms with Gasteiger partial charge in [0.15, 0.2) is 5.96 Å². The maximum atomic E-state index is 11.6. The number of hydrogen-bond donors (Lipinski definition) is 3.